The first-order valence-electron chi connectivity index (χ1n) is 9.25. The second-order valence-electron chi connectivity index (χ2n) is 7.06. The summed E-state index contributed by atoms with van der Waals surface area (Å²) in [5.74, 6) is 2.20. The number of carbonyl (C=O) groups excluding carboxylic acids is 1. The lowest BCUT2D eigenvalue weighted by Crippen LogP contribution is -2.40. The smallest absolute Gasteiger partial charge is 0.232 e. The van der Waals surface area contributed by atoms with Crippen molar-refractivity contribution in [2.45, 2.75) is 30.2 Å². The van der Waals surface area contributed by atoms with Crippen LogP contribution in [-0.4, -0.2) is 64.7 Å². The lowest BCUT2D eigenvalue weighted by Gasteiger charge is -2.32. The van der Waals surface area contributed by atoms with Gasteiger partial charge in [-0.15, -0.1) is 11.8 Å². The Morgan fingerprint density at radius 1 is 1.31 bits per heavy atom. The number of amides is 1. The molecule has 1 aliphatic heterocycles. The maximum Gasteiger partial charge on any atom is 0.232 e. The average Bonchev–Trinajstić information content (AvgIpc) is 3.14. The molecule has 1 fully saturated rings. The van der Waals surface area contributed by atoms with Crippen LogP contribution in [0.25, 0.3) is 0 Å². The lowest BCUT2D eigenvalue weighted by molar-refractivity contribution is -0.129. The second-order valence-corrected chi connectivity index (χ2v) is 8.11. The molecular weight excluding hydrogens is 344 g/mol. The first-order valence-corrected chi connectivity index (χ1v) is 10.2. The molecule has 1 unspecified atom stereocenters. The molecule has 1 amide bonds. The van der Waals surface area contributed by atoms with E-state index in [9.17, 15) is 4.79 Å². The van der Waals surface area contributed by atoms with Crippen molar-refractivity contribution >= 4 is 17.7 Å². The van der Waals surface area contributed by atoms with Gasteiger partial charge in [-0.1, -0.05) is 18.2 Å². The normalized spacial score (nSPS) is 17.7. The first-order chi connectivity index (χ1) is 12.6. The first kappa shape index (κ1) is 19.0. The lowest BCUT2D eigenvalue weighted by atomic mass is 9.97. The third kappa shape index (κ3) is 5.11. The molecule has 0 bridgehead atoms. The molecule has 140 valence electrons. The van der Waals surface area contributed by atoms with E-state index in [2.05, 4.69) is 46.9 Å². The summed E-state index contributed by atoms with van der Waals surface area (Å²) >= 11 is 1.62. The Hall–Kier alpha value is -1.79. The molecular formula is C20H28N4OS. The third-order valence-electron chi connectivity index (χ3n) is 4.78. The molecule has 5 nitrogen and oxygen atoms in total. The molecule has 1 aromatic carbocycles. The summed E-state index contributed by atoms with van der Waals surface area (Å²) in [7, 11) is 4.17. The van der Waals surface area contributed by atoms with Gasteiger partial charge >= 0.3 is 0 Å². The highest BCUT2D eigenvalue weighted by Gasteiger charge is 2.27. The van der Waals surface area contributed by atoms with Gasteiger partial charge in [0.2, 0.25) is 5.91 Å². The number of hydrogen-bond donors (Lipinski definition) is 0. The van der Waals surface area contributed by atoms with Crippen LogP contribution in [0.5, 0.6) is 0 Å². The second kappa shape index (κ2) is 9.24. The van der Waals surface area contributed by atoms with Crippen LogP contribution in [0.3, 0.4) is 0 Å². The molecule has 6 heteroatoms. The predicted octanol–water partition coefficient (Wildman–Crippen LogP) is 2.94. The van der Waals surface area contributed by atoms with Gasteiger partial charge in [0, 0.05) is 49.4 Å². The Morgan fingerprint density at radius 2 is 2.12 bits per heavy atom. The van der Waals surface area contributed by atoms with Crippen molar-refractivity contribution in [1.29, 1.82) is 0 Å². The summed E-state index contributed by atoms with van der Waals surface area (Å²) in [5, 5.41) is 0. The molecule has 1 aromatic heterocycles. The van der Waals surface area contributed by atoms with Crippen LogP contribution in [0.15, 0.2) is 47.6 Å². The van der Waals surface area contributed by atoms with Crippen molar-refractivity contribution in [3.63, 3.8) is 0 Å². The number of nitrogens with zero attached hydrogens (tertiary/aromatic N) is 4. The minimum atomic E-state index is 0.231. The third-order valence-corrected chi connectivity index (χ3v) is 5.78. The number of piperidine rings is 1. The van der Waals surface area contributed by atoms with E-state index in [1.54, 1.807) is 11.8 Å². The number of benzene rings is 1. The maximum atomic E-state index is 12.7. The van der Waals surface area contributed by atoms with E-state index >= 15 is 0 Å². The number of hydrogen-bond acceptors (Lipinski definition) is 4. The summed E-state index contributed by atoms with van der Waals surface area (Å²) < 4.78 is 2.25. The van der Waals surface area contributed by atoms with Crippen LogP contribution >= 0.6 is 11.8 Å². The molecule has 0 N–H and O–H groups in total. The van der Waals surface area contributed by atoms with Gasteiger partial charge in [0.1, 0.15) is 5.82 Å². The highest BCUT2D eigenvalue weighted by Crippen LogP contribution is 2.27. The Kier molecular flexibility index (Phi) is 6.74. The summed E-state index contributed by atoms with van der Waals surface area (Å²) in [6.45, 7) is 3.58. The van der Waals surface area contributed by atoms with E-state index < -0.39 is 0 Å². The van der Waals surface area contributed by atoms with Gasteiger partial charge < -0.3 is 14.4 Å². The van der Waals surface area contributed by atoms with Crippen LogP contribution in [0.1, 0.15) is 24.6 Å². The summed E-state index contributed by atoms with van der Waals surface area (Å²) in [6.07, 6.45) is 6.10. The van der Waals surface area contributed by atoms with Gasteiger partial charge in [-0.2, -0.15) is 0 Å². The SMILES string of the molecule is CN(C)CCn1ccnc1C1CCCN(C(=O)CSc2ccccc2)C1. The summed E-state index contributed by atoms with van der Waals surface area (Å²) in [6, 6.07) is 10.1. The maximum absolute atomic E-state index is 12.7. The number of likely N-dealkylation sites (N-methyl/N-ethyl adjacent to an activating group) is 1. The summed E-state index contributed by atoms with van der Waals surface area (Å²) in [5.41, 5.74) is 0. The van der Waals surface area contributed by atoms with E-state index in [0.717, 1.165) is 49.7 Å². The Labute approximate surface area is 160 Å². The van der Waals surface area contributed by atoms with Crippen LogP contribution < -0.4 is 0 Å². The molecule has 2 aromatic rings. The molecule has 2 heterocycles. The van der Waals surface area contributed by atoms with Gasteiger partial charge in [0.15, 0.2) is 0 Å². The molecule has 26 heavy (non-hydrogen) atoms. The Morgan fingerprint density at radius 3 is 2.88 bits per heavy atom. The minimum absolute atomic E-state index is 0.231. The minimum Gasteiger partial charge on any atom is -0.341 e. The van der Waals surface area contributed by atoms with Crippen molar-refractivity contribution in [3.05, 3.63) is 48.5 Å². The topological polar surface area (TPSA) is 41.4 Å². The van der Waals surface area contributed by atoms with Gasteiger partial charge in [0.25, 0.3) is 0 Å². The number of aromatic nitrogens is 2. The number of likely N-dealkylation sites (tertiary alicyclic amines) is 1. The van der Waals surface area contributed by atoms with E-state index in [1.807, 2.05) is 29.3 Å². The number of rotatable bonds is 7. The van der Waals surface area contributed by atoms with Crippen molar-refractivity contribution in [3.8, 4) is 0 Å². The van der Waals surface area contributed by atoms with E-state index in [-0.39, 0.29) is 5.91 Å². The Balaban J connectivity index is 1.57. The van der Waals surface area contributed by atoms with Gasteiger partial charge in [-0.3, -0.25) is 4.79 Å². The number of thioether (sulfide) groups is 1. The summed E-state index contributed by atoms with van der Waals surface area (Å²) in [4.78, 5) is 22.6. The van der Waals surface area contributed by atoms with Gasteiger partial charge in [-0.05, 0) is 39.1 Å². The molecule has 1 atom stereocenters. The molecule has 3 rings (SSSR count). The zero-order valence-corrected chi connectivity index (χ0v) is 16.5. The van der Waals surface area contributed by atoms with Crippen molar-refractivity contribution in [2.24, 2.45) is 0 Å². The van der Waals surface area contributed by atoms with Crippen LogP contribution in [0, 0.1) is 0 Å². The molecule has 0 saturated carbocycles. The van der Waals surface area contributed by atoms with Crippen LogP contribution in [0.2, 0.25) is 0 Å². The highest BCUT2D eigenvalue weighted by molar-refractivity contribution is 8.00. The zero-order chi connectivity index (χ0) is 18.4. The quantitative estimate of drug-likeness (QED) is 0.701. The molecule has 0 aliphatic carbocycles. The van der Waals surface area contributed by atoms with E-state index in [0.29, 0.717) is 11.7 Å². The highest BCUT2D eigenvalue weighted by atomic mass is 32.2. The van der Waals surface area contributed by atoms with Crippen LogP contribution in [0.4, 0.5) is 0 Å². The standard InChI is InChI=1S/C20H28N4OS/c1-22(2)13-14-23-12-10-21-20(23)17-7-6-11-24(15-17)19(25)16-26-18-8-4-3-5-9-18/h3-5,8-10,12,17H,6-7,11,13-16H2,1-2H3. The largest absolute Gasteiger partial charge is 0.341 e. The number of carbonyl (C=O) groups is 1. The fourth-order valence-electron chi connectivity index (χ4n) is 3.34. The fourth-order valence-corrected chi connectivity index (χ4v) is 4.17. The molecule has 0 spiro atoms. The molecule has 1 aliphatic rings. The van der Waals surface area contributed by atoms with Gasteiger partial charge in [0.05, 0.1) is 5.75 Å². The average molecular weight is 373 g/mol. The van der Waals surface area contributed by atoms with E-state index in [4.69, 9.17) is 0 Å². The van der Waals surface area contributed by atoms with Crippen molar-refractivity contribution in [2.75, 3.05) is 39.5 Å². The molecule has 1 saturated heterocycles. The van der Waals surface area contributed by atoms with E-state index in [1.165, 1.54) is 0 Å². The predicted molar refractivity (Wildman–Crippen MR) is 107 cm³/mol. The zero-order valence-electron chi connectivity index (χ0n) is 15.7. The number of imidazole rings is 1. The Bertz CT molecular complexity index is 701. The van der Waals surface area contributed by atoms with Gasteiger partial charge in [-0.25, -0.2) is 4.98 Å². The van der Waals surface area contributed by atoms with Crippen LogP contribution in [-0.2, 0) is 11.3 Å². The van der Waals surface area contributed by atoms with Crippen molar-refractivity contribution < 1.29 is 4.79 Å². The fraction of sp³-hybridized carbons (Fsp3) is 0.500. The van der Waals surface area contributed by atoms with Crippen molar-refractivity contribution in [1.82, 2.24) is 19.4 Å². The monoisotopic (exact) mass is 372 g/mol. The molecule has 0 radical (unpaired) electrons.